The van der Waals surface area contributed by atoms with Crippen molar-refractivity contribution in [2.24, 2.45) is 0 Å². The third kappa shape index (κ3) is 6.84. The smallest absolute Gasteiger partial charge is 0.323 e. The predicted molar refractivity (Wildman–Crippen MR) is 56.2 cm³/mol. The van der Waals surface area contributed by atoms with E-state index in [4.69, 9.17) is 4.74 Å². The van der Waals surface area contributed by atoms with Crippen molar-refractivity contribution in [1.29, 1.82) is 0 Å². The standard InChI is InChI=1S/C9H19NO2.ClH/c1-6-7(10-5)8(11)12-9(2,3)4;/h7,10H,6H2,1-5H3;1H. The van der Waals surface area contributed by atoms with Gasteiger partial charge in [-0.15, -0.1) is 12.4 Å². The summed E-state index contributed by atoms with van der Waals surface area (Å²) in [6, 6.07) is -0.177. The molecule has 3 nitrogen and oxygen atoms in total. The fourth-order valence-corrected chi connectivity index (χ4v) is 0.862. The molecular weight excluding hydrogens is 190 g/mol. The van der Waals surface area contributed by atoms with E-state index in [2.05, 4.69) is 5.32 Å². The molecule has 0 aliphatic rings. The van der Waals surface area contributed by atoms with Gasteiger partial charge in [-0.2, -0.15) is 0 Å². The minimum atomic E-state index is -0.388. The van der Waals surface area contributed by atoms with Gasteiger partial charge in [0.1, 0.15) is 11.6 Å². The van der Waals surface area contributed by atoms with Gasteiger partial charge >= 0.3 is 5.97 Å². The van der Waals surface area contributed by atoms with Crippen molar-refractivity contribution in [3.63, 3.8) is 0 Å². The monoisotopic (exact) mass is 209 g/mol. The number of rotatable bonds is 3. The molecule has 0 heterocycles. The topological polar surface area (TPSA) is 38.3 Å². The number of ether oxygens (including phenoxy) is 1. The molecule has 80 valence electrons. The molecule has 0 rings (SSSR count). The van der Waals surface area contributed by atoms with Crippen LogP contribution in [0.4, 0.5) is 0 Å². The van der Waals surface area contributed by atoms with Crippen LogP contribution in [0.5, 0.6) is 0 Å². The van der Waals surface area contributed by atoms with Crippen molar-refractivity contribution in [3.05, 3.63) is 0 Å². The first kappa shape index (κ1) is 15.2. The lowest BCUT2D eigenvalue weighted by molar-refractivity contribution is -0.157. The van der Waals surface area contributed by atoms with Crippen LogP contribution in [-0.4, -0.2) is 24.7 Å². The lowest BCUT2D eigenvalue weighted by Gasteiger charge is -2.22. The van der Waals surface area contributed by atoms with Crippen LogP contribution in [0.15, 0.2) is 0 Å². The van der Waals surface area contributed by atoms with Crippen LogP contribution < -0.4 is 5.32 Å². The molecule has 13 heavy (non-hydrogen) atoms. The zero-order chi connectivity index (χ0) is 9.78. The summed E-state index contributed by atoms with van der Waals surface area (Å²) < 4.78 is 5.18. The number of esters is 1. The molecule has 0 bridgehead atoms. The second-order valence-corrected chi connectivity index (χ2v) is 3.78. The summed E-state index contributed by atoms with van der Waals surface area (Å²) in [5.74, 6) is -0.174. The zero-order valence-corrected chi connectivity index (χ0v) is 9.83. The third-order valence-electron chi connectivity index (χ3n) is 1.45. The Morgan fingerprint density at radius 2 is 1.92 bits per heavy atom. The number of halogens is 1. The van der Waals surface area contributed by atoms with Gasteiger partial charge in [0.05, 0.1) is 0 Å². The van der Waals surface area contributed by atoms with Gasteiger partial charge < -0.3 is 10.1 Å². The van der Waals surface area contributed by atoms with Gasteiger partial charge in [0.25, 0.3) is 0 Å². The first-order chi connectivity index (χ1) is 5.40. The molecule has 0 amide bonds. The maximum absolute atomic E-state index is 11.3. The second kappa shape index (κ2) is 6.22. The molecule has 0 aromatic rings. The maximum Gasteiger partial charge on any atom is 0.323 e. The van der Waals surface area contributed by atoms with Crippen LogP contribution in [0.1, 0.15) is 34.1 Å². The second-order valence-electron chi connectivity index (χ2n) is 3.78. The van der Waals surface area contributed by atoms with Crippen LogP contribution in [0, 0.1) is 0 Å². The van der Waals surface area contributed by atoms with E-state index < -0.39 is 0 Å². The Morgan fingerprint density at radius 1 is 1.46 bits per heavy atom. The summed E-state index contributed by atoms with van der Waals surface area (Å²) in [5.41, 5.74) is -0.388. The Labute approximate surface area is 86.6 Å². The van der Waals surface area contributed by atoms with E-state index in [1.54, 1.807) is 7.05 Å². The van der Waals surface area contributed by atoms with Crippen LogP contribution >= 0.6 is 12.4 Å². The highest BCUT2D eigenvalue weighted by Gasteiger charge is 2.21. The summed E-state index contributed by atoms with van der Waals surface area (Å²) in [6.45, 7) is 7.55. The van der Waals surface area contributed by atoms with E-state index in [-0.39, 0.29) is 30.0 Å². The molecule has 1 unspecified atom stereocenters. The van der Waals surface area contributed by atoms with Gasteiger partial charge in [0.2, 0.25) is 0 Å². The summed E-state index contributed by atoms with van der Waals surface area (Å²) in [5, 5.41) is 2.90. The molecule has 0 saturated carbocycles. The van der Waals surface area contributed by atoms with E-state index in [1.165, 1.54) is 0 Å². The molecule has 0 aliphatic carbocycles. The Kier molecular flexibility index (Phi) is 7.27. The molecule has 4 heteroatoms. The number of nitrogens with one attached hydrogen (secondary N) is 1. The fourth-order valence-electron chi connectivity index (χ4n) is 0.862. The van der Waals surface area contributed by atoms with E-state index in [1.807, 2.05) is 27.7 Å². The van der Waals surface area contributed by atoms with Crippen molar-refractivity contribution in [1.82, 2.24) is 5.32 Å². The summed E-state index contributed by atoms with van der Waals surface area (Å²) in [4.78, 5) is 11.3. The molecular formula is C9H20ClNO2. The number of carbonyl (C=O) groups is 1. The van der Waals surface area contributed by atoms with Crippen molar-refractivity contribution in [2.75, 3.05) is 7.05 Å². The van der Waals surface area contributed by atoms with E-state index in [0.29, 0.717) is 0 Å². The molecule has 1 atom stereocenters. The molecule has 0 fully saturated rings. The number of carbonyl (C=O) groups excluding carboxylic acids is 1. The highest BCUT2D eigenvalue weighted by atomic mass is 35.5. The SMILES string of the molecule is CCC(NC)C(=O)OC(C)(C)C.Cl. The van der Waals surface area contributed by atoms with Gasteiger partial charge in [-0.25, -0.2) is 0 Å². The minimum absolute atomic E-state index is 0. The molecule has 0 aliphatic heterocycles. The summed E-state index contributed by atoms with van der Waals surface area (Å²) in [7, 11) is 1.76. The summed E-state index contributed by atoms with van der Waals surface area (Å²) >= 11 is 0. The van der Waals surface area contributed by atoms with E-state index >= 15 is 0 Å². The van der Waals surface area contributed by atoms with Gasteiger partial charge in [-0.3, -0.25) is 4.79 Å². The van der Waals surface area contributed by atoms with Gasteiger partial charge in [-0.05, 0) is 34.2 Å². The molecule has 1 N–H and O–H groups in total. The van der Waals surface area contributed by atoms with Gasteiger partial charge in [0, 0.05) is 0 Å². The quantitative estimate of drug-likeness (QED) is 0.720. The molecule has 0 radical (unpaired) electrons. The molecule has 0 spiro atoms. The average Bonchev–Trinajstić information content (AvgIpc) is 1.85. The van der Waals surface area contributed by atoms with Crippen LogP contribution in [0.2, 0.25) is 0 Å². The number of hydrogen-bond donors (Lipinski definition) is 1. The van der Waals surface area contributed by atoms with Crippen molar-refractivity contribution in [3.8, 4) is 0 Å². The fraction of sp³-hybridized carbons (Fsp3) is 0.889. The molecule has 0 aromatic heterocycles. The van der Waals surface area contributed by atoms with Crippen molar-refractivity contribution >= 4 is 18.4 Å². The van der Waals surface area contributed by atoms with Crippen molar-refractivity contribution < 1.29 is 9.53 Å². The zero-order valence-electron chi connectivity index (χ0n) is 9.01. The Morgan fingerprint density at radius 3 is 2.15 bits per heavy atom. The third-order valence-corrected chi connectivity index (χ3v) is 1.45. The largest absolute Gasteiger partial charge is 0.459 e. The normalized spacial score (nSPS) is 13.0. The van der Waals surface area contributed by atoms with Gasteiger partial charge in [0.15, 0.2) is 0 Å². The Bertz CT molecular complexity index is 150. The average molecular weight is 210 g/mol. The first-order valence-corrected chi connectivity index (χ1v) is 4.31. The van der Waals surface area contributed by atoms with E-state index in [9.17, 15) is 4.79 Å². The van der Waals surface area contributed by atoms with E-state index in [0.717, 1.165) is 6.42 Å². The number of likely N-dealkylation sites (N-methyl/N-ethyl adjacent to an activating group) is 1. The Hall–Kier alpha value is -0.280. The Balaban J connectivity index is 0. The lowest BCUT2D eigenvalue weighted by Crippen LogP contribution is -2.38. The highest BCUT2D eigenvalue weighted by Crippen LogP contribution is 2.09. The van der Waals surface area contributed by atoms with Crippen LogP contribution in [0.25, 0.3) is 0 Å². The molecule has 0 aromatic carbocycles. The van der Waals surface area contributed by atoms with Gasteiger partial charge in [-0.1, -0.05) is 6.92 Å². The number of hydrogen-bond acceptors (Lipinski definition) is 3. The van der Waals surface area contributed by atoms with Crippen LogP contribution in [-0.2, 0) is 9.53 Å². The summed E-state index contributed by atoms with van der Waals surface area (Å²) in [6.07, 6.45) is 0.755. The highest BCUT2D eigenvalue weighted by molar-refractivity contribution is 5.85. The van der Waals surface area contributed by atoms with Crippen LogP contribution in [0.3, 0.4) is 0 Å². The minimum Gasteiger partial charge on any atom is -0.459 e. The lowest BCUT2D eigenvalue weighted by atomic mass is 10.2. The molecule has 0 saturated heterocycles. The predicted octanol–water partition coefficient (Wildman–Crippen LogP) is 1.75. The maximum atomic E-state index is 11.3. The first-order valence-electron chi connectivity index (χ1n) is 4.31. The van der Waals surface area contributed by atoms with Crippen molar-refractivity contribution in [2.45, 2.75) is 45.8 Å².